The molecule has 0 amide bonds. The molecule has 4 aromatic rings. The van der Waals surface area contributed by atoms with Gasteiger partial charge in [-0.25, -0.2) is 4.98 Å². The van der Waals surface area contributed by atoms with E-state index in [0.29, 0.717) is 24.5 Å². The first-order chi connectivity index (χ1) is 15.6. The number of aromatic amines is 1. The van der Waals surface area contributed by atoms with Gasteiger partial charge in [0.25, 0.3) is 5.56 Å². The van der Waals surface area contributed by atoms with Gasteiger partial charge in [0.15, 0.2) is 5.82 Å². The molecule has 7 heteroatoms. The van der Waals surface area contributed by atoms with Crippen molar-refractivity contribution in [3.8, 4) is 11.5 Å². The summed E-state index contributed by atoms with van der Waals surface area (Å²) in [5.74, 6) is 0.527. The van der Waals surface area contributed by atoms with E-state index in [1.165, 1.54) is 16.8 Å². The smallest absolute Gasteiger partial charge is 0.254 e. The maximum Gasteiger partial charge on any atom is 0.254 e. The van der Waals surface area contributed by atoms with Crippen molar-refractivity contribution >= 4 is 0 Å². The quantitative estimate of drug-likeness (QED) is 0.530. The molecule has 0 saturated heterocycles. The molecule has 5 rings (SSSR count). The van der Waals surface area contributed by atoms with Crippen molar-refractivity contribution in [2.75, 3.05) is 6.54 Å². The van der Waals surface area contributed by atoms with Crippen molar-refractivity contribution in [3.05, 3.63) is 98.9 Å². The fourth-order valence-corrected chi connectivity index (χ4v) is 4.35. The number of hydrogen-bond acceptors (Lipinski definition) is 5. The van der Waals surface area contributed by atoms with Gasteiger partial charge in [-0.05, 0) is 38.0 Å². The lowest BCUT2D eigenvalue weighted by Gasteiger charge is -2.27. The first kappa shape index (κ1) is 20.3. The fourth-order valence-electron chi connectivity index (χ4n) is 4.35. The van der Waals surface area contributed by atoms with Crippen molar-refractivity contribution in [1.82, 2.24) is 29.6 Å². The molecular weight excluding hydrogens is 400 g/mol. The Morgan fingerprint density at radius 2 is 1.84 bits per heavy atom. The highest BCUT2D eigenvalue weighted by atomic mass is 16.1. The average Bonchev–Trinajstić information content (AvgIpc) is 3.07. The summed E-state index contributed by atoms with van der Waals surface area (Å²) in [6.45, 7) is 7.23. The van der Waals surface area contributed by atoms with Gasteiger partial charge in [-0.1, -0.05) is 36.4 Å². The van der Waals surface area contributed by atoms with Gasteiger partial charge < -0.3 is 4.98 Å². The standard InChI is InChI=1S/C25H26N6O/c1-17-21(18(2)31(29-17)14-19-8-4-3-5-9-19)15-30-13-11-20-23(16-30)27-24(28-25(20)32)22-10-6-7-12-26-22/h3-10,12H,11,13-16H2,1-2H3,(H,27,28,32). The molecule has 0 unspecified atom stereocenters. The Hall–Kier alpha value is -3.58. The van der Waals surface area contributed by atoms with Crippen LogP contribution >= 0.6 is 0 Å². The van der Waals surface area contributed by atoms with Gasteiger partial charge in [-0.15, -0.1) is 0 Å². The molecule has 162 valence electrons. The van der Waals surface area contributed by atoms with Crippen LogP contribution in [-0.4, -0.2) is 36.2 Å². The summed E-state index contributed by atoms with van der Waals surface area (Å²) in [4.78, 5) is 27.0. The van der Waals surface area contributed by atoms with E-state index in [4.69, 9.17) is 10.1 Å². The minimum absolute atomic E-state index is 0.0571. The second-order valence-corrected chi connectivity index (χ2v) is 8.31. The molecule has 1 aliphatic heterocycles. The van der Waals surface area contributed by atoms with Crippen molar-refractivity contribution in [3.63, 3.8) is 0 Å². The molecule has 1 aliphatic rings. The van der Waals surface area contributed by atoms with E-state index in [0.717, 1.165) is 36.6 Å². The Balaban J connectivity index is 1.38. The average molecular weight is 427 g/mol. The number of aryl methyl sites for hydroxylation is 1. The van der Waals surface area contributed by atoms with Gasteiger partial charge in [0.05, 0.1) is 17.9 Å². The van der Waals surface area contributed by atoms with Gasteiger partial charge in [0, 0.05) is 42.7 Å². The molecule has 1 N–H and O–H groups in total. The highest BCUT2D eigenvalue weighted by molar-refractivity contribution is 5.49. The number of rotatable bonds is 5. The number of benzene rings is 1. The zero-order valence-corrected chi connectivity index (χ0v) is 18.4. The second-order valence-electron chi connectivity index (χ2n) is 8.31. The van der Waals surface area contributed by atoms with Crippen LogP contribution in [0.25, 0.3) is 11.5 Å². The summed E-state index contributed by atoms with van der Waals surface area (Å²) in [5, 5.41) is 4.79. The third kappa shape index (κ3) is 3.99. The van der Waals surface area contributed by atoms with Gasteiger partial charge in [-0.3, -0.25) is 19.4 Å². The number of H-pyrrole nitrogens is 1. The van der Waals surface area contributed by atoms with Gasteiger partial charge >= 0.3 is 0 Å². The third-order valence-corrected chi connectivity index (χ3v) is 6.15. The van der Waals surface area contributed by atoms with Crippen molar-refractivity contribution in [1.29, 1.82) is 0 Å². The maximum absolute atomic E-state index is 12.7. The molecular formula is C25H26N6O. The molecule has 3 aromatic heterocycles. The molecule has 0 spiro atoms. The molecule has 0 bridgehead atoms. The molecule has 0 atom stereocenters. The van der Waals surface area contributed by atoms with Gasteiger partial charge in [0.1, 0.15) is 5.69 Å². The maximum atomic E-state index is 12.7. The van der Waals surface area contributed by atoms with Crippen LogP contribution in [0.1, 0.15) is 33.8 Å². The zero-order chi connectivity index (χ0) is 22.1. The number of nitrogens with zero attached hydrogens (tertiary/aromatic N) is 5. The lowest BCUT2D eigenvalue weighted by molar-refractivity contribution is 0.239. The lowest BCUT2D eigenvalue weighted by atomic mass is 10.0. The van der Waals surface area contributed by atoms with E-state index in [9.17, 15) is 4.79 Å². The van der Waals surface area contributed by atoms with Crippen molar-refractivity contribution in [2.45, 2.75) is 39.9 Å². The monoisotopic (exact) mass is 426 g/mol. The van der Waals surface area contributed by atoms with Gasteiger partial charge in [0.2, 0.25) is 0 Å². The Bertz CT molecular complexity index is 1290. The molecule has 4 heterocycles. The van der Waals surface area contributed by atoms with E-state index < -0.39 is 0 Å². The minimum Gasteiger partial charge on any atom is -0.305 e. The van der Waals surface area contributed by atoms with E-state index in [1.54, 1.807) is 6.20 Å². The van der Waals surface area contributed by atoms with Crippen LogP contribution in [0.15, 0.2) is 59.5 Å². The van der Waals surface area contributed by atoms with Crippen LogP contribution in [-0.2, 0) is 26.1 Å². The second kappa shape index (κ2) is 8.51. The van der Waals surface area contributed by atoms with Crippen molar-refractivity contribution < 1.29 is 0 Å². The first-order valence-electron chi connectivity index (χ1n) is 10.9. The zero-order valence-electron chi connectivity index (χ0n) is 18.4. The molecule has 0 radical (unpaired) electrons. The summed E-state index contributed by atoms with van der Waals surface area (Å²) in [6.07, 6.45) is 2.40. The van der Waals surface area contributed by atoms with E-state index in [2.05, 4.69) is 57.7 Å². The molecule has 0 fully saturated rings. The Morgan fingerprint density at radius 1 is 1.03 bits per heavy atom. The van der Waals surface area contributed by atoms with Crippen LogP contribution in [0.5, 0.6) is 0 Å². The summed E-state index contributed by atoms with van der Waals surface area (Å²) in [6, 6.07) is 16.0. The largest absolute Gasteiger partial charge is 0.305 e. The Morgan fingerprint density at radius 3 is 2.62 bits per heavy atom. The highest BCUT2D eigenvalue weighted by Gasteiger charge is 2.23. The first-order valence-corrected chi connectivity index (χ1v) is 10.9. The predicted octanol–water partition coefficient (Wildman–Crippen LogP) is 3.25. The predicted molar refractivity (Wildman–Crippen MR) is 123 cm³/mol. The minimum atomic E-state index is -0.0571. The fraction of sp³-hybridized carbons (Fsp3) is 0.280. The lowest BCUT2D eigenvalue weighted by Crippen LogP contribution is -2.35. The Labute approximate surface area is 186 Å². The van der Waals surface area contributed by atoms with Crippen LogP contribution in [0, 0.1) is 13.8 Å². The van der Waals surface area contributed by atoms with Crippen LogP contribution in [0.2, 0.25) is 0 Å². The Kier molecular flexibility index (Phi) is 5.41. The van der Waals surface area contributed by atoms with Crippen LogP contribution < -0.4 is 5.56 Å². The molecule has 1 aromatic carbocycles. The normalized spacial score (nSPS) is 13.8. The summed E-state index contributed by atoms with van der Waals surface area (Å²) in [5.41, 5.74) is 6.97. The molecule has 0 saturated carbocycles. The summed E-state index contributed by atoms with van der Waals surface area (Å²) < 4.78 is 2.08. The van der Waals surface area contributed by atoms with Crippen LogP contribution in [0.4, 0.5) is 0 Å². The summed E-state index contributed by atoms with van der Waals surface area (Å²) in [7, 11) is 0. The number of fused-ring (bicyclic) bond motifs is 1. The molecule has 7 nitrogen and oxygen atoms in total. The SMILES string of the molecule is Cc1nn(Cc2ccccc2)c(C)c1CN1CCc2c(nc(-c3ccccn3)[nH]c2=O)C1. The summed E-state index contributed by atoms with van der Waals surface area (Å²) >= 11 is 0. The topological polar surface area (TPSA) is 79.7 Å². The third-order valence-electron chi connectivity index (χ3n) is 6.15. The van der Waals surface area contributed by atoms with E-state index in [-0.39, 0.29) is 5.56 Å². The number of nitrogens with one attached hydrogen (secondary N) is 1. The van der Waals surface area contributed by atoms with E-state index >= 15 is 0 Å². The van der Waals surface area contributed by atoms with Crippen LogP contribution in [0.3, 0.4) is 0 Å². The van der Waals surface area contributed by atoms with Crippen molar-refractivity contribution in [2.24, 2.45) is 0 Å². The number of pyridine rings is 1. The number of hydrogen-bond donors (Lipinski definition) is 1. The molecule has 32 heavy (non-hydrogen) atoms. The highest BCUT2D eigenvalue weighted by Crippen LogP contribution is 2.22. The number of aromatic nitrogens is 5. The van der Waals surface area contributed by atoms with Gasteiger partial charge in [-0.2, -0.15) is 5.10 Å². The molecule has 0 aliphatic carbocycles. The van der Waals surface area contributed by atoms with E-state index in [1.807, 2.05) is 24.3 Å².